The molecule has 1 amide bonds. The van der Waals surface area contributed by atoms with Crippen LogP contribution in [0.3, 0.4) is 0 Å². The van der Waals surface area contributed by atoms with Crippen LogP contribution in [0.4, 0.5) is 4.79 Å². The lowest BCUT2D eigenvalue weighted by molar-refractivity contribution is -0.142. The van der Waals surface area contributed by atoms with Crippen LogP contribution in [0.2, 0.25) is 0 Å². The summed E-state index contributed by atoms with van der Waals surface area (Å²) in [4.78, 5) is 44.8. The number of unbranched alkanes of at least 4 members (excludes halogenated alkanes) is 1. The number of carboxylic acid groups (broad SMARTS) is 1. The number of amides is 1. The number of H-pyrrole nitrogens is 1. The van der Waals surface area contributed by atoms with Crippen LogP contribution in [-0.4, -0.2) is 51.6 Å². The maximum atomic E-state index is 13.0. The van der Waals surface area contributed by atoms with Crippen molar-refractivity contribution in [2.75, 3.05) is 13.2 Å². The number of aromatic amines is 1. The zero-order valence-electron chi connectivity index (χ0n) is 19.0. The molecular weight excluding hydrogens is 438 g/mol. The summed E-state index contributed by atoms with van der Waals surface area (Å²) >= 11 is 0. The number of carbonyl (C=O) groups is 3. The monoisotopic (exact) mass is 467 g/mol. The number of rotatable bonds is 12. The molecule has 3 rings (SSSR count). The standard InChI is InChI=1S/C24H29N5O5/c1-2-3-12-34-23(33)29-24(15-25,22(31)32)21(30)17-10-8-16(9-11-17)13-26-14-20-27-18-6-4-5-7-19(18)28-20/h4-11,26H,2-3,12-15,25H2,1H3,(H,27,28)(H,29,33)(H,31,32). The highest BCUT2D eigenvalue weighted by molar-refractivity contribution is 6.17. The summed E-state index contributed by atoms with van der Waals surface area (Å²) in [6, 6.07) is 14.2. The Balaban J connectivity index is 1.62. The second kappa shape index (κ2) is 11.4. The van der Waals surface area contributed by atoms with Crippen molar-refractivity contribution in [3.63, 3.8) is 0 Å². The van der Waals surface area contributed by atoms with Gasteiger partial charge in [-0.3, -0.25) is 10.1 Å². The molecule has 0 bridgehead atoms. The largest absolute Gasteiger partial charge is 0.479 e. The number of benzene rings is 2. The number of nitrogens with one attached hydrogen (secondary N) is 3. The molecule has 0 radical (unpaired) electrons. The first-order chi connectivity index (χ1) is 16.4. The van der Waals surface area contributed by atoms with Crippen LogP contribution in [0.25, 0.3) is 11.0 Å². The van der Waals surface area contributed by atoms with Crippen molar-refractivity contribution < 1.29 is 24.2 Å². The van der Waals surface area contributed by atoms with E-state index in [1.165, 1.54) is 12.1 Å². The fourth-order valence-electron chi connectivity index (χ4n) is 3.39. The van der Waals surface area contributed by atoms with E-state index in [0.29, 0.717) is 19.5 Å². The van der Waals surface area contributed by atoms with Gasteiger partial charge in [-0.1, -0.05) is 49.7 Å². The topological polar surface area (TPSA) is 159 Å². The number of aromatic nitrogens is 2. The summed E-state index contributed by atoms with van der Waals surface area (Å²) in [6.45, 7) is 2.45. The zero-order valence-corrected chi connectivity index (χ0v) is 19.0. The SMILES string of the molecule is CCCCOC(=O)NC(CN)(C(=O)O)C(=O)c1ccc(CNCc2nc3ccccc3[nH]2)cc1. The van der Waals surface area contributed by atoms with E-state index in [1.54, 1.807) is 12.1 Å². The van der Waals surface area contributed by atoms with Gasteiger partial charge in [0.15, 0.2) is 0 Å². The van der Waals surface area contributed by atoms with Gasteiger partial charge in [-0.25, -0.2) is 14.6 Å². The minimum atomic E-state index is -2.32. The number of carbonyl (C=O) groups excluding carboxylic acids is 2. The quantitative estimate of drug-likeness (QED) is 0.154. The Bertz CT molecular complexity index is 1110. The predicted octanol–water partition coefficient (Wildman–Crippen LogP) is 2.34. The fraction of sp³-hybridized carbons (Fsp3) is 0.333. The molecule has 10 nitrogen and oxygen atoms in total. The highest BCUT2D eigenvalue weighted by atomic mass is 16.5. The fourth-order valence-corrected chi connectivity index (χ4v) is 3.39. The van der Waals surface area contributed by atoms with E-state index >= 15 is 0 Å². The van der Waals surface area contributed by atoms with E-state index in [1.807, 2.05) is 31.2 Å². The molecule has 0 fully saturated rings. The van der Waals surface area contributed by atoms with Gasteiger partial charge in [0, 0.05) is 18.7 Å². The molecule has 0 saturated carbocycles. The Kier molecular flexibility index (Phi) is 8.34. The average Bonchev–Trinajstić information content (AvgIpc) is 3.25. The summed E-state index contributed by atoms with van der Waals surface area (Å²) in [5.74, 6) is -1.57. The minimum absolute atomic E-state index is 0.114. The van der Waals surface area contributed by atoms with E-state index in [-0.39, 0.29) is 12.2 Å². The first kappa shape index (κ1) is 24.9. The van der Waals surface area contributed by atoms with Crippen LogP contribution in [0.1, 0.15) is 41.5 Å². The molecule has 1 atom stereocenters. The molecule has 3 aromatic rings. The zero-order chi connectivity index (χ0) is 24.6. The highest BCUT2D eigenvalue weighted by Crippen LogP contribution is 2.16. The van der Waals surface area contributed by atoms with Gasteiger partial charge in [0.25, 0.3) is 0 Å². The Labute approximate surface area is 196 Å². The smallest absolute Gasteiger partial charge is 0.408 e. The summed E-state index contributed by atoms with van der Waals surface area (Å²) < 4.78 is 4.96. The number of carboxylic acids is 1. The van der Waals surface area contributed by atoms with Crippen LogP contribution >= 0.6 is 0 Å². The van der Waals surface area contributed by atoms with Crippen molar-refractivity contribution in [3.8, 4) is 0 Å². The molecule has 0 aliphatic carbocycles. The summed E-state index contributed by atoms with van der Waals surface area (Å²) in [5.41, 5.74) is 6.18. The maximum Gasteiger partial charge on any atom is 0.408 e. The molecular formula is C24H29N5O5. The number of fused-ring (bicyclic) bond motifs is 1. The minimum Gasteiger partial charge on any atom is -0.479 e. The Morgan fingerprint density at radius 1 is 1.12 bits per heavy atom. The third-order valence-corrected chi connectivity index (χ3v) is 5.38. The van der Waals surface area contributed by atoms with Crippen molar-refractivity contribution in [1.82, 2.24) is 20.6 Å². The van der Waals surface area contributed by atoms with Crippen LogP contribution in [0, 0.1) is 0 Å². The second-order valence-corrected chi connectivity index (χ2v) is 7.86. The number of ketones is 1. The first-order valence-electron chi connectivity index (χ1n) is 11.1. The van der Waals surface area contributed by atoms with Gasteiger partial charge in [0.2, 0.25) is 11.3 Å². The van der Waals surface area contributed by atoms with E-state index in [9.17, 15) is 19.5 Å². The van der Waals surface area contributed by atoms with E-state index in [2.05, 4.69) is 20.6 Å². The lowest BCUT2D eigenvalue weighted by Crippen LogP contribution is -2.64. The van der Waals surface area contributed by atoms with Gasteiger partial charge >= 0.3 is 12.1 Å². The van der Waals surface area contributed by atoms with Gasteiger partial charge in [-0.15, -0.1) is 0 Å². The number of ether oxygens (including phenoxy) is 1. The van der Waals surface area contributed by atoms with Gasteiger partial charge in [-0.2, -0.15) is 0 Å². The van der Waals surface area contributed by atoms with Gasteiger partial charge in [-0.05, 0) is 24.1 Å². The second-order valence-electron chi connectivity index (χ2n) is 7.86. The van der Waals surface area contributed by atoms with Crippen LogP contribution in [0.15, 0.2) is 48.5 Å². The van der Waals surface area contributed by atoms with Gasteiger partial charge < -0.3 is 25.9 Å². The maximum absolute atomic E-state index is 13.0. The van der Waals surface area contributed by atoms with Crippen molar-refractivity contribution in [1.29, 1.82) is 0 Å². The Morgan fingerprint density at radius 3 is 2.50 bits per heavy atom. The highest BCUT2D eigenvalue weighted by Gasteiger charge is 2.47. The van der Waals surface area contributed by atoms with E-state index in [0.717, 1.165) is 28.8 Å². The number of hydrogen-bond acceptors (Lipinski definition) is 7. The number of Topliss-reactive ketones (excluding diaryl/α,β-unsaturated/α-hetero) is 1. The number of alkyl carbamates (subject to hydrolysis) is 1. The van der Waals surface area contributed by atoms with Crippen LogP contribution < -0.4 is 16.4 Å². The number of nitrogens with zero attached hydrogens (tertiary/aromatic N) is 1. The number of imidazole rings is 1. The predicted molar refractivity (Wildman–Crippen MR) is 126 cm³/mol. The molecule has 0 aliphatic heterocycles. The normalized spacial score (nSPS) is 12.8. The van der Waals surface area contributed by atoms with E-state index in [4.69, 9.17) is 10.5 Å². The van der Waals surface area contributed by atoms with Gasteiger partial charge in [0.05, 0.1) is 24.2 Å². The lowest BCUT2D eigenvalue weighted by Gasteiger charge is -2.27. The summed E-state index contributed by atoms with van der Waals surface area (Å²) in [5, 5.41) is 15.1. The lowest BCUT2D eigenvalue weighted by atomic mass is 9.89. The first-order valence-corrected chi connectivity index (χ1v) is 11.1. The molecule has 6 N–H and O–H groups in total. The molecule has 34 heavy (non-hydrogen) atoms. The van der Waals surface area contributed by atoms with Crippen molar-refractivity contribution in [3.05, 3.63) is 65.5 Å². The van der Waals surface area contributed by atoms with E-state index < -0.39 is 29.9 Å². The number of nitrogens with two attached hydrogens (primary N) is 1. The summed E-state index contributed by atoms with van der Waals surface area (Å²) in [6.07, 6.45) is 0.420. The molecule has 0 spiro atoms. The molecule has 1 heterocycles. The molecule has 10 heteroatoms. The average molecular weight is 468 g/mol. The number of hydrogen-bond donors (Lipinski definition) is 5. The number of aliphatic carboxylic acids is 1. The Morgan fingerprint density at radius 2 is 1.85 bits per heavy atom. The Hall–Kier alpha value is -3.76. The number of para-hydroxylation sites is 2. The molecule has 0 aliphatic rings. The van der Waals surface area contributed by atoms with Crippen LogP contribution in [0.5, 0.6) is 0 Å². The molecule has 180 valence electrons. The molecule has 2 aromatic carbocycles. The molecule has 0 saturated heterocycles. The molecule has 1 unspecified atom stereocenters. The van der Waals surface area contributed by atoms with Gasteiger partial charge in [0.1, 0.15) is 5.82 Å². The van der Waals surface area contributed by atoms with Crippen molar-refractivity contribution in [2.24, 2.45) is 5.73 Å². The van der Waals surface area contributed by atoms with Crippen LogP contribution in [-0.2, 0) is 22.6 Å². The molecule has 1 aromatic heterocycles. The summed E-state index contributed by atoms with van der Waals surface area (Å²) in [7, 11) is 0. The van der Waals surface area contributed by atoms with Crippen molar-refractivity contribution in [2.45, 2.75) is 38.4 Å². The third-order valence-electron chi connectivity index (χ3n) is 5.38. The van der Waals surface area contributed by atoms with Crippen molar-refractivity contribution >= 4 is 28.9 Å². The third kappa shape index (κ3) is 5.77.